The van der Waals surface area contributed by atoms with Crippen molar-refractivity contribution in [3.8, 4) is 5.75 Å². The van der Waals surface area contributed by atoms with Gasteiger partial charge < -0.3 is 19.3 Å². The van der Waals surface area contributed by atoms with Crippen LogP contribution < -0.4 is 9.64 Å². The molecule has 28 heavy (non-hydrogen) atoms. The van der Waals surface area contributed by atoms with Gasteiger partial charge in [-0.15, -0.1) is 0 Å². The van der Waals surface area contributed by atoms with Crippen LogP contribution in [0.1, 0.15) is 12.0 Å². The lowest BCUT2D eigenvalue weighted by Gasteiger charge is -2.31. The molecule has 2 aliphatic rings. The summed E-state index contributed by atoms with van der Waals surface area (Å²) < 4.78 is 11.4. The van der Waals surface area contributed by atoms with E-state index in [0.29, 0.717) is 31.9 Å². The van der Waals surface area contributed by atoms with Crippen molar-refractivity contribution in [2.24, 2.45) is 0 Å². The molecule has 0 saturated carbocycles. The highest BCUT2D eigenvalue weighted by atomic mass is 16.5. The summed E-state index contributed by atoms with van der Waals surface area (Å²) in [5.41, 5.74) is 1.68. The van der Waals surface area contributed by atoms with E-state index < -0.39 is 6.04 Å². The van der Waals surface area contributed by atoms with Crippen molar-refractivity contribution < 1.29 is 19.1 Å². The van der Waals surface area contributed by atoms with Crippen molar-refractivity contribution >= 4 is 17.5 Å². The maximum atomic E-state index is 13.4. The number of carbonyl (C=O) groups is 2. The van der Waals surface area contributed by atoms with Gasteiger partial charge in [-0.2, -0.15) is 0 Å². The number of para-hydroxylation sites is 2. The lowest BCUT2D eigenvalue weighted by atomic mass is 10.1. The fourth-order valence-corrected chi connectivity index (χ4v) is 3.94. The van der Waals surface area contributed by atoms with Gasteiger partial charge in [0.1, 0.15) is 17.9 Å². The molecule has 2 aromatic carbocycles. The summed E-state index contributed by atoms with van der Waals surface area (Å²) in [6.07, 6.45) is 0.610. The van der Waals surface area contributed by atoms with E-state index in [1.807, 2.05) is 54.6 Å². The number of rotatable bonds is 5. The monoisotopic (exact) mass is 380 g/mol. The Balaban J connectivity index is 1.61. The molecule has 0 spiro atoms. The van der Waals surface area contributed by atoms with Gasteiger partial charge in [0.15, 0.2) is 0 Å². The van der Waals surface area contributed by atoms with E-state index in [4.69, 9.17) is 9.47 Å². The third-order valence-corrected chi connectivity index (χ3v) is 5.30. The third-order valence-electron chi connectivity index (χ3n) is 5.30. The van der Waals surface area contributed by atoms with Gasteiger partial charge in [-0.25, -0.2) is 0 Å². The standard InChI is InChI=1S/C22H24N2O4/c1-27-12-11-23-18-9-5-6-10-20(18)28-17-14-19(22(23)26)24(15-17)21(25)13-16-7-3-2-4-8-16/h2-10,17,19H,11-15H2,1H3/t17-,19-/m0/s1. The quantitative estimate of drug-likeness (QED) is 0.799. The van der Waals surface area contributed by atoms with Crippen LogP contribution in [0.4, 0.5) is 5.69 Å². The molecule has 2 amide bonds. The summed E-state index contributed by atoms with van der Waals surface area (Å²) in [4.78, 5) is 29.8. The molecule has 2 aliphatic heterocycles. The smallest absolute Gasteiger partial charge is 0.250 e. The maximum absolute atomic E-state index is 13.4. The van der Waals surface area contributed by atoms with E-state index in [1.165, 1.54) is 0 Å². The van der Waals surface area contributed by atoms with Gasteiger partial charge in [-0.1, -0.05) is 42.5 Å². The van der Waals surface area contributed by atoms with E-state index in [-0.39, 0.29) is 24.3 Å². The predicted octanol–water partition coefficient (Wildman–Crippen LogP) is 2.27. The van der Waals surface area contributed by atoms with E-state index >= 15 is 0 Å². The number of fused-ring (bicyclic) bond motifs is 3. The van der Waals surface area contributed by atoms with Gasteiger partial charge in [0, 0.05) is 20.1 Å². The Kier molecular flexibility index (Phi) is 5.30. The lowest BCUT2D eigenvalue weighted by Crippen LogP contribution is -2.49. The average molecular weight is 380 g/mol. The number of hydrogen-bond acceptors (Lipinski definition) is 4. The first-order valence-electron chi connectivity index (χ1n) is 9.57. The zero-order valence-corrected chi connectivity index (χ0v) is 15.9. The highest BCUT2D eigenvalue weighted by Gasteiger charge is 2.44. The van der Waals surface area contributed by atoms with Crippen molar-refractivity contribution in [1.82, 2.24) is 4.90 Å². The van der Waals surface area contributed by atoms with Crippen molar-refractivity contribution in [3.05, 3.63) is 60.2 Å². The first-order valence-corrected chi connectivity index (χ1v) is 9.57. The van der Waals surface area contributed by atoms with E-state index in [2.05, 4.69) is 0 Å². The lowest BCUT2D eigenvalue weighted by molar-refractivity contribution is -0.137. The van der Waals surface area contributed by atoms with Gasteiger partial charge in [0.25, 0.3) is 0 Å². The van der Waals surface area contributed by atoms with Crippen LogP contribution in [0, 0.1) is 0 Å². The number of methoxy groups -OCH3 is 1. The van der Waals surface area contributed by atoms with Crippen molar-refractivity contribution in [2.75, 3.05) is 31.7 Å². The fraction of sp³-hybridized carbons (Fsp3) is 0.364. The molecule has 0 N–H and O–H groups in total. The van der Waals surface area contributed by atoms with Crippen LogP contribution in [0.5, 0.6) is 5.75 Å². The van der Waals surface area contributed by atoms with Gasteiger partial charge in [-0.05, 0) is 17.7 Å². The SMILES string of the molecule is COCCN1C(=O)[C@@H]2C[C@@H](CN2C(=O)Cc2ccccc2)Oc2ccccc21. The molecule has 146 valence electrons. The molecule has 2 atom stereocenters. The molecule has 4 rings (SSSR count). The zero-order valence-electron chi connectivity index (χ0n) is 15.9. The Morgan fingerprint density at radius 3 is 2.68 bits per heavy atom. The normalized spacial score (nSPS) is 21.0. The second-order valence-corrected chi connectivity index (χ2v) is 7.15. The minimum absolute atomic E-state index is 0.0479. The molecule has 1 saturated heterocycles. The Bertz CT molecular complexity index is 855. The number of carbonyl (C=O) groups excluding carboxylic acids is 2. The molecule has 0 aliphatic carbocycles. The van der Waals surface area contributed by atoms with Crippen LogP contribution in [0.2, 0.25) is 0 Å². The van der Waals surface area contributed by atoms with Gasteiger partial charge >= 0.3 is 0 Å². The minimum Gasteiger partial charge on any atom is -0.486 e. The third kappa shape index (κ3) is 3.60. The summed E-state index contributed by atoms with van der Waals surface area (Å²) in [6, 6.07) is 16.6. The van der Waals surface area contributed by atoms with E-state index in [0.717, 1.165) is 11.3 Å². The largest absolute Gasteiger partial charge is 0.486 e. The Labute approximate surface area is 164 Å². The van der Waals surface area contributed by atoms with Crippen LogP contribution in [0.25, 0.3) is 0 Å². The molecule has 2 heterocycles. The number of benzene rings is 2. The average Bonchev–Trinajstić information content (AvgIpc) is 3.14. The topological polar surface area (TPSA) is 59.1 Å². The molecule has 2 aromatic rings. The number of ether oxygens (including phenoxy) is 2. The van der Waals surface area contributed by atoms with Gasteiger partial charge in [0.05, 0.1) is 25.3 Å². The zero-order chi connectivity index (χ0) is 19.5. The summed E-state index contributed by atoms with van der Waals surface area (Å²) >= 11 is 0. The second kappa shape index (κ2) is 8.02. The van der Waals surface area contributed by atoms with Crippen molar-refractivity contribution in [1.29, 1.82) is 0 Å². The van der Waals surface area contributed by atoms with Crippen molar-refractivity contribution in [2.45, 2.75) is 25.0 Å². The molecule has 6 nitrogen and oxygen atoms in total. The minimum atomic E-state index is -0.508. The van der Waals surface area contributed by atoms with Crippen molar-refractivity contribution in [3.63, 3.8) is 0 Å². The van der Waals surface area contributed by atoms with Gasteiger partial charge in [0.2, 0.25) is 11.8 Å². The van der Waals surface area contributed by atoms with Gasteiger partial charge in [-0.3, -0.25) is 9.59 Å². The summed E-state index contributed by atoms with van der Waals surface area (Å²) in [5.74, 6) is 0.553. The highest BCUT2D eigenvalue weighted by molar-refractivity contribution is 6.01. The fourth-order valence-electron chi connectivity index (χ4n) is 3.94. The number of nitrogens with zero attached hydrogens (tertiary/aromatic N) is 2. The highest BCUT2D eigenvalue weighted by Crippen LogP contribution is 2.36. The Hall–Kier alpha value is -2.86. The number of hydrogen-bond donors (Lipinski definition) is 0. The summed E-state index contributed by atoms with van der Waals surface area (Å²) in [6.45, 7) is 1.25. The number of anilines is 1. The second-order valence-electron chi connectivity index (χ2n) is 7.15. The van der Waals surface area contributed by atoms with Crippen LogP contribution in [0.3, 0.4) is 0 Å². The van der Waals surface area contributed by atoms with E-state index in [9.17, 15) is 9.59 Å². The maximum Gasteiger partial charge on any atom is 0.250 e. The number of likely N-dealkylation sites (tertiary alicyclic amines) is 1. The molecular weight excluding hydrogens is 356 g/mol. The molecule has 1 fully saturated rings. The molecular formula is C22H24N2O4. The number of amides is 2. The molecule has 6 heteroatoms. The Morgan fingerprint density at radius 2 is 1.89 bits per heavy atom. The van der Waals surface area contributed by atoms with Crippen LogP contribution in [0.15, 0.2) is 54.6 Å². The predicted molar refractivity (Wildman–Crippen MR) is 105 cm³/mol. The van der Waals surface area contributed by atoms with Crippen LogP contribution in [-0.4, -0.2) is 55.7 Å². The molecule has 2 bridgehead atoms. The van der Waals surface area contributed by atoms with Crippen LogP contribution >= 0.6 is 0 Å². The first kappa shape index (κ1) is 18.5. The molecule has 0 unspecified atom stereocenters. The Morgan fingerprint density at radius 1 is 1.14 bits per heavy atom. The first-order chi connectivity index (χ1) is 13.7. The van der Waals surface area contributed by atoms with E-state index in [1.54, 1.807) is 16.9 Å². The molecule has 0 aromatic heterocycles. The molecule has 0 radical (unpaired) electrons. The summed E-state index contributed by atoms with van der Waals surface area (Å²) in [5, 5.41) is 0. The summed E-state index contributed by atoms with van der Waals surface area (Å²) in [7, 11) is 1.61. The van der Waals surface area contributed by atoms with Crippen LogP contribution in [-0.2, 0) is 20.7 Å².